The number of allylic oxidation sites excluding steroid dienone is 2. The molecular formula is C25H21B8Cl2N. The molecule has 1 unspecified atom stereocenters. The Kier molecular flexibility index (Phi) is 9.89. The number of hydrogen-bond acceptors (Lipinski definition) is 1. The molecule has 164 valence electrons. The van der Waals surface area contributed by atoms with Crippen LogP contribution in [0.3, 0.4) is 0 Å². The van der Waals surface area contributed by atoms with Crippen LogP contribution in [0, 0.1) is 0 Å². The van der Waals surface area contributed by atoms with E-state index in [4.69, 9.17) is 86.0 Å². The standard InChI is InChI=1S/C25H21B8Cl2N/c1-3-5-7-12-16(27)21(32)25(22(33)17(12)28)36(15-10-11(26)9-14(34)23(15)35)24-19(30)13(8-6-4-2)18(29)20(24)31/h9-10,24H,3-8H2,1-2H3. The van der Waals surface area contributed by atoms with Crippen LogP contribution in [0.2, 0.25) is 10.0 Å². The first-order valence-corrected chi connectivity index (χ1v) is 12.8. The van der Waals surface area contributed by atoms with E-state index < -0.39 is 6.04 Å². The van der Waals surface area contributed by atoms with Crippen LogP contribution in [0.5, 0.6) is 0 Å². The summed E-state index contributed by atoms with van der Waals surface area (Å²) in [5.41, 5.74) is 4.87. The Bertz CT molecular complexity index is 1210. The van der Waals surface area contributed by atoms with Crippen LogP contribution in [0.15, 0.2) is 34.1 Å². The molecule has 1 aliphatic rings. The predicted octanol–water partition coefficient (Wildman–Crippen LogP) is 0.987. The highest BCUT2D eigenvalue weighted by Crippen LogP contribution is 2.42. The summed E-state index contributed by atoms with van der Waals surface area (Å²) in [6.07, 6.45) is 4.97. The molecule has 1 aliphatic carbocycles. The molecule has 3 rings (SSSR count). The summed E-state index contributed by atoms with van der Waals surface area (Å²) in [6, 6.07) is 2.42. The maximum Gasteiger partial charge on any atom is 0.115 e. The van der Waals surface area contributed by atoms with Crippen LogP contribution < -0.4 is 32.2 Å². The van der Waals surface area contributed by atoms with Gasteiger partial charge in [0.1, 0.15) is 62.8 Å². The summed E-state index contributed by atoms with van der Waals surface area (Å²) in [5, 5.41) is 0.439. The van der Waals surface area contributed by atoms with Gasteiger partial charge in [0.2, 0.25) is 0 Å². The minimum atomic E-state index is -0.767. The van der Waals surface area contributed by atoms with Crippen molar-refractivity contribution in [3.63, 3.8) is 0 Å². The van der Waals surface area contributed by atoms with Crippen molar-refractivity contribution in [3.05, 3.63) is 49.7 Å². The smallest absolute Gasteiger partial charge is 0.115 e. The van der Waals surface area contributed by atoms with E-state index in [0.717, 1.165) is 31.3 Å². The second-order valence-corrected chi connectivity index (χ2v) is 9.89. The maximum absolute atomic E-state index is 6.71. The van der Waals surface area contributed by atoms with Crippen molar-refractivity contribution in [2.45, 2.75) is 58.4 Å². The molecule has 36 heavy (non-hydrogen) atoms. The van der Waals surface area contributed by atoms with Gasteiger partial charge in [-0.2, -0.15) is 0 Å². The first kappa shape index (κ1) is 29.4. The van der Waals surface area contributed by atoms with Crippen molar-refractivity contribution >= 4 is 125 Å². The van der Waals surface area contributed by atoms with Gasteiger partial charge < -0.3 is 4.90 Å². The number of nitrogens with zero attached hydrogens (tertiary/aromatic N) is 1. The first-order chi connectivity index (χ1) is 17.0. The molecule has 2 aromatic carbocycles. The molecule has 0 spiro atoms. The van der Waals surface area contributed by atoms with Gasteiger partial charge in [0.25, 0.3) is 0 Å². The van der Waals surface area contributed by atoms with Gasteiger partial charge >= 0.3 is 0 Å². The van der Waals surface area contributed by atoms with Crippen molar-refractivity contribution in [3.8, 4) is 0 Å². The fourth-order valence-corrected chi connectivity index (χ4v) is 5.05. The quantitative estimate of drug-likeness (QED) is 0.472. The molecule has 0 saturated heterocycles. The zero-order valence-corrected chi connectivity index (χ0v) is 22.3. The van der Waals surface area contributed by atoms with E-state index in [-0.39, 0.29) is 21.0 Å². The van der Waals surface area contributed by atoms with E-state index in [1.54, 1.807) is 17.0 Å². The Morgan fingerprint density at radius 3 is 1.86 bits per heavy atom. The maximum atomic E-state index is 6.71. The van der Waals surface area contributed by atoms with Crippen molar-refractivity contribution in [1.82, 2.24) is 0 Å². The molecule has 0 amide bonds. The summed E-state index contributed by atoms with van der Waals surface area (Å²) < 4.78 is 0. The normalized spacial score (nSPS) is 15.7. The molecule has 2 aromatic rings. The number of anilines is 2. The lowest BCUT2D eigenvalue weighted by molar-refractivity contribution is 0.793. The summed E-state index contributed by atoms with van der Waals surface area (Å²) in [5.74, 6) is 0. The number of rotatable bonds is 9. The highest BCUT2D eigenvalue weighted by atomic mass is 35.5. The molecule has 0 bridgehead atoms. The van der Waals surface area contributed by atoms with Crippen molar-refractivity contribution < 1.29 is 0 Å². The highest BCUT2D eigenvalue weighted by Gasteiger charge is 2.34. The van der Waals surface area contributed by atoms with Gasteiger partial charge in [-0.25, -0.2) is 0 Å². The Morgan fingerprint density at radius 2 is 1.31 bits per heavy atom. The monoisotopic (exact) mass is 493 g/mol. The summed E-state index contributed by atoms with van der Waals surface area (Å²) in [7, 11) is 52.2. The van der Waals surface area contributed by atoms with Crippen molar-refractivity contribution in [2.24, 2.45) is 0 Å². The fraction of sp³-hybridized carbons (Fsp3) is 0.360. The largest absolute Gasteiger partial charge is 0.332 e. The Morgan fingerprint density at radius 1 is 0.750 bits per heavy atom. The number of halogens is 2. The second kappa shape index (κ2) is 12.1. The van der Waals surface area contributed by atoms with Gasteiger partial charge in [-0.3, -0.25) is 0 Å². The molecule has 16 radical (unpaired) electrons. The lowest BCUT2D eigenvalue weighted by Gasteiger charge is -2.40. The lowest BCUT2D eigenvalue weighted by Crippen LogP contribution is -2.51. The Hall–Kier alpha value is -1.18. The minimum Gasteiger partial charge on any atom is -0.332 e. The average molecular weight is 493 g/mol. The van der Waals surface area contributed by atoms with E-state index in [1.165, 1.54) is 0 Å². The van der Waals surface area contributed by atoms with E-state index in [9.17, 15) is 0 Å². The number of benzene rings is 2. The first-order valence-electron chi connectivity index (χ1n) is 12.0. The third kappa shape index (κ3) is 5.35. The van der Waals surface area contributed by atoms with Gasteiger partial charge in [-0.05, 0) is 37.8 Å². The molecule has 1 nitrogen and oxygen atoms in total. The molecule has 0 aromatic heterocycles. The topological polar surface area (TPSA) is 3.24 Å². The van der Waals surface area contributed by atoms with Gasteiger partial charge in [0, 0.05) is 5.69 Å². The summed E-state index contributed by atoms with van der Waals surface area (Å²) >= 11 is 13.1. The molecule has 1 atom stereocenters. The van der Waals surface area contributed by atoms with Crippen LogP contribution in [-0.2, 0) is 6.42 Å². The minimum absolute atomic E-state index is 0.207. The Balaban J connectivity index is 2.38. The molecule has 0 heterocycles. The average Bonchev–Trinajstić information content (AvgIpc) is 3.04. The summed E-state index contributed by atoms with van der Waals surface area (Å²) in [6.45, 7) is 4.16. The summed E-state index contributed by atoms with van der Waals surface area (Å²) in [4.78, 5) is 1.70. The van der Waals surface area contributed by atoms with Crippen LogP contribution >= 0.6 is 23.2 Å². The molecule has 0 N–H and O–H groups in total. The van der Waals surface area contributed by atoms with Crippen molar-refractivity contribution in [1.29, 1.82) is 0 Å². The van der Waals surface area contributed by atoms with E-state index >= 15 is 0 Å². The van der Waals surface area contributed by atoms with E-state index in [2.05, 4.69) is 13.8 Å². The fourth-order valence-electron chi connectivity index (χ4n) is 4.63. The predicted molar refractivity (Wildman–Crippen MR) is 165 cm³/mol. The molecule has 11 heteroatoms. The van der Waals surface area contributed by atoms with Crippen molar-refractivity contribution in [2.75, 3.05) is 4.90 Å². The van der Waals surface area contributed by atoms with Gasteiger partial charge in [0.15, 0.2) is 0 Å². The molecule has 0 saturated carbocycles. The molecular weight excluding hydrogens is 472 g/mol. The number of hydrogen-bond donors (Lipinski definition) is 0. The van der Waals surface area contributed by atoms with E-state index in [0.29, 0.717) is 62.6 Å². The second-order valence-electron chi connectivity index (χ2n) is 9.10. The zero-order valence-electron chi connectivity index (χ0n) is 20.8. The van der Waals surface area contributed by atoms with Gasteiger partial charge in [-0.15, -0.1) is 5.47 Å². The van der Waals surface area contributed by atoms with Crippen LogP contribution in [0.4, 0.5) is 11.4 Å². The van der Waals surface area contributed by atoms with Crippen LogP contribution in [0.25, 0.3) is 0 Å². The third-order valence-electron chi connectivity index (χ3n) is 6.67. The molecule has 0 aliphatic heterocycles. The van der Waals surface area contributed by atoms with Crippen LogP contribution in [0.1, 0.15) is 51.5 Å². The number of unbranched alkanes of at least 4 members (excludes halogenated alkanes) is 2. The third-order valence-corrected chi connectivity index (χ3v) is 7.46. The highest BCUT2D eigenvalue weighted by molar-refractivity contribution is 6.61. The lowest BCUT2D eigenvalue weighted by atomic mass is 9.64. The van der Waals surface area contributed by atoms with Gasteiger partial charge in [0.05, 0.1) is 21.8 Å². The zero-order chi connectivity index (χ0) is 26.9. The van der Waals surface area contributed by atoms with E-state index in [1.807, 2.05) is 0 Å². The SMILES string of the molecule is [B]C1=C([B])C(N(c2cc([B])cc(Cl)c2Cl)c2c([B])c([B])c(CCCC)c([B])c2[B])C([B])=C1CCCC. The molecule has 0 fully saturated rings. The van der Waals surface area contributed by atoms with Crippen LogP contribution in [-0.4, -0.2) is 68.8 Å². The van der Waals surface area contributed by atoms with Gasteiger partial charge in [-0.1, -0.05) is 99.3 Å². The Labute approximate surface area is 236 Å².